The Labute approximate surface area is 95.1 Å². The fraction of sp³-hybridized carbons (Fsp3) is 0.333. The van der Waals surface area contributed by atoms with E-state index in [9.17, 15) is 0 Å². The molecule has 0 aliphatic heterocycles. The van der Waals surface area contributed by atoms with Crippen LogP contribution in [-0.4, -0.2) is 14.8 Å². The zero-order valence-corrected chi connectivity index (χ0v) is 9.64. The van der Waals surface area contributed by atoms with Gasteiger partial charge in [-0.3, -0.25) is 0 Å². The molecular formula is C12H16N4. The summed E-state index contributed by atoms with van der Waals surface area (Å²) in [6.07, 6.45) is 0.987. The first-order chi connectivity index (χ1) is 7.77. The molecule has 4 heteroatoms. The fourth-order valence-corrected chi connectivity index (χ4v) is 1.82. The molecule has 0 bridgehead atoms. The van der Waals surface area contributed by atoms with Crippen molar-refractivity contribution in [2.75, 3.05) is 0 Å². The van der Waals surface area contributed by atoms with Crippen molar-refractivity contribution in [2.45, 2.75) is 19.9 Å². The van der Waals surface area contributed by atoms with Crippen molar-refractivity contribution in [3.05, 3.63) is 35.7 Å². The maximum absolute atomic E-state index is 5.59. The van der Waals surface area contributed by atoms with Crippen molar-refractivity contribution in [2.24, 2.45) is 12.8 Å². The minimum atomic E-state index is 0.414. The van der Waals surface area contributed by atoms with Crippen LogP contribution in [0.15, 0.2) is 24.3 Å². The molecule has 0 spiro atoms. The van der Waals surface area contributed by atoms with Crippen LogP contribution >= 0.6 is 0 Å². The summed E-state index contributed by atoms with van der Waals surface area (Å²) >= 11 is 0. The number of aromatic nitrogens is 3. The van der Waals surface area contributed by atoms with Crippen molar-refractivity contribution < 1.29 is 0 Å². The zero-order valence-electron chi connectivity index (χ0n) is 9.64. The Kier molecular flexibility index (Phi) is 3.01. The van der Waals surface area contributed by atoms with Gasteiger partial charge in [-0.15, -0.1) is 10.2 Å². The maximum Gasteiger partial charge on any atom is 0.164 e. The van der Waals surface area contributed by atoms with E-state index < -0.39 is 0 Å². The highest BCUT2D eigenvalue weighted by Crippen LogP contribution is 2.22. The van der Waals surface area contributed by atoms with Crippen LogP contribution < -0.4 is 5.73 Å². The Bertz CT molecular complexity index is 488. The molecule has 0 aliphatic rings. The smallest absolute Gasteiger partial charge is 0.164 e. The summed E-state index contributed by atoms with van der Waals surface area (Å²) in [7, 11) is 1.95. The molecule has 0 amide bonds. The van der Waals surface area contributed by atoms with Gasteiger partial charge < -0.3 is 10.3 Å². The van der Waals surface area contributed by atoms with Gasteiger partial charge in [0.15, 0.2) is 5.82 Å². The van der Waals surface area contributed by atoms with Crippen LogP contribution in [0.1, 0.15) is 18.3 Å². The van der Waals surface area contributed by atoms with E-state index in [1.165, 1.54) is 5.56 Å². The van der Waals surface area contributed by atoms with Gasteiger partial charge in [0, 0.05) is 12.6 Å². The van der Waals surface area contributed by atoms with Crippen molar-refractivity contribution in [3.63, 3.8) is 0 Å². The van der Waals surface area contributed by atoms with Gasteiger partial charge in [0.2, 0.25) is 0 Å². The molecule has 4 nitrogen and oxygen atoms in total. The molecule has 16 heavy (non-hydrogen) atoms. The normalized spacial score (nSPS) is 10.7. The molecule has 0 radical (unpaired) electrons. The van der Waals surface area contributed by atoms with Crippen molar-refractivity contribution in [1.29, 1.82) is 0 Å². The first kappa shape index (κ1) is 10.8. The summed E-state index contributed by atoms with van der Waals surface area (Å²) in [5.41, 5.74) is 8.01. The Morgan fingerprint density at radius 2 is 2.00 bits per heavy atom. The molecule has 2 N–H and O–H groups in total. The Morgan fingerprint density at radius 3 is 2.62 bits per heavy atom. The summed E-state index contributed by atoms with van der Waals surface area (Å²) in [5, 5.41) is 8.27. The Balaban J connectivity index is 2.54. The number of rotatable bonds is 3. The number of nitrogens with two attached hydrogens (primary N) is 1. The van der Waals surface area contributed by atoms with E-state index in [1.807, 2.05) is 23.7 Å². The van der Waals surface area contributed by atoms with Crippen LogP contribution in [0.5, 0.6) is 0 Å². The van der Waals surface area contributed by atoms with Crippen LogP contribution in [0.25, 0.3) is 11.4 Å². The third-order valence-corrected chi connectivity index (χ3v) is 2.79. The van der Waals surface area contributed by atoms with Gasteiger partial charge >= 0.3 is 0 Å². The van der Waals surface area contributed by atoms with E-state index in [1.54, 1.807) is 0 Å². The quantitative estimate of drug-likeness (QED) is 0.846. The first-order valence-corrected chi connectivity index (χ1v) is 5.44. The minimum absolute atomic E-state index is 0.414. The fourth-order valence-electron chi connectivity index (χ4n) is 1.82. The average molecular weight is 216 g/mol. The molecule has 1 aromatic carbocycles. The molecule has 0 saturated carbocycles. The van der Waals surface area contributed by atoms with E-state index in [4.69, 9.17) is 5.73 Å². The number of aryl methyl sites for hydroxylation is 1. The van der Waals surface area contributed by atoms with Gasteiger partial charge in [-0.2, -0.15) is 0 Å². The highest BCUT2D eigenvalue weighted by atomic mass is 15.3. The van der Waals surface area contributed by atoms with Crippen LogP contribution in [0, 0.1) is 0 Å². The molecule has 84 valence electrons. The number of nitrogens with zero attached hydrogens (tertiary/aromatic N) is 3. The summed E-state index contributed by atoms with van der Waals surface area (Å²) < 4.78 is 1.95. The lowest BCUT2D eigenvalue weighted by atomic mass is 10.0. The lowest BCUT2D eigenvalue weighted by Crippen LogP contribution is -2.05. The summed E-state index contributed by atoms with van der Waals surface area (Å²) in [6, 6.07) is 8.25. The second-order valence-corrected chi connectivity index (χ2v) is 3.71. The second kappa shape index (κ2) is 4.45. The molecule has 0 fully saturated rings. The monoisotopic (exact) mass is 216 g/mol. The van der Waals surface area contributed by atoms with Crippen LogP contribution in [-0.2, 0) is 20.0 Å². The molecule has 1 heterocycles. The summed E-state index contributed by atoms with van der Waals surface area (Å²) in [4.78, 5) is 0. The Morgan fingerprint density at radius 1 is 1.25 bits per heavy atom. The van der Waals surface area contributed by atoms with Gasteiger partial charge in [-0.05, 0) is 12.0 Å². The van der Waals surface area contributed by atoms with Gasteiger partial charge in [0.25, 0.3) is 0 Å². The summed E-state index contributed by atoms with van der Waals surface area (Å²) in [6.45, 7) is 2.55. The van der Waals surface area contributed by atoms with E-state index >= 15 is 0 Å². The molecule has 0 saturated heterocycles. The van der Waals surface area contributed by atoms with Crippen molar-refractivity contribution >= 4 is 0 Å². The molecule has 2 rings (SSSR count). The lowest BCUT2D eigenvalue weighted by Gasteiger charge is -2.07. The van der Waals surface area contributed by atoms with Gasteiger partial charge in [0.05, 0.1) is 6.54 Å². The zero-order chi connectivity index (χ0) is 11.5. The number of benzene rings is 1. The number of hydrogen-bond donors (Lipinski definition) is 1. The van der Waals surface area contributed by atoms with E-state index in [0.29, 0.717) is 6.54 Å². The van der Waals surface area contributed by atoms with Crippen LogP contribution in [0.4, 0.5) is 0 Å². The van der Waals surface area contributed by atoms with Gasteiger partial charge in [-0.25, -0.2) is 0 Å². The lowest BCUT2D eigenvalue weighted by molar-refractivity contribution is 0.796. The molecular weight excluding hydrogens is 200 g/mol. The third kappa shape index (κ3) is 1.72. The van der Waals surface area contributed by atoms with Crippen LogP contribution in [0.3, 0.4) is 0 Å². The van der Waals surface area contributed by atoms with Gasteiger partial charge in [0.1, 0.15) is 5.82 Å². The number of hydrogen-bond acceptors (Lipinski definition) is 3. The first-order valence-electron chi connectivity index (χ1n) is 5.44. The second-order valence-electron chi connectivity index (χ2n) is 3.71. The van der Waals surface area contributed by atoms with E-state index in [0.717, 1.165) is 23.6 Å². The SMILES string of the molecule is CCc1ccccc1-c1nnc(CN)n1C. The highest BCUT2D eigenvalue weighted by molar-refractivity contribution is 5.60. The third-order valence-electron chi connectivity index (χ3n) is 2.79. The Hall–Kier alpha value is -1.68. The van der Waals surface area contributed by atoms with E-state index in [2.05, 4.69) is 29.3 Å². The molecule has 0 unspecified atom stereocenters. The average Bonchev–Trinajstić information content (AvgIpc) is 2.70. The molecule has 0 atom stereocenters. The van der Waals surface area contributed by atoms with Crippen LogP contribution in [0.2, 0.25) is 0 Å². The van der Waals surface area contributed by atoms with E-state index in [-0.39, 0.29) is 0 Å². The highest BCUT2D eigenvalue weighted by Gasteiger charge is 2.11. The maximum atomic E-state index is 5.59. The molecule has 0 aliphatic carbocycles. The summed E-state index contributed by atoms with van der Waals surface area (Å²) in [5.74, 6) is 1.69. The largest absolute Gasteiger partial charge is 0.324 e. The topological polar surface area (TPSA) is 56.7 Å². The van der Waals surface area contributed by atoms with Crippen molar-refractivity contribution in [1.82, 2.24) is 14.8 Å². The predicted octanol–water partition coefficient (Wildman–Crippen LogP) is 1.50. The minimum Gasteiger partial charge on any atom is -0.324 e. The van der Waals surface area contributed by atoms with Crippen molar-refractivity contribution in [3.8, 4) is 11.4 Å². The standard InChI is InChI=1S/C12H16N4/c1-3-9-6-4-5-7-10(9)12-15-14-11(8-13)16(12)2/h4-7H,3,8,13H2,1-2H3. The predicted molar refractivity (Wildman–Crippen MR) is 63.7 cm³/mol. The molecule has 1 aromatic heterocycles. The van der Waals surface area contributed by atoms with Gasteiger partial charge in [-0.1, -0.05) is 31.2 Å². The molecule has 2 aromatic rings.